The summed E-state index contributed by atoms with van der Waals surface area (Å²) in [6.45, 7) is 8.33. The Morgan fingerprint density at radius 2 is 1.06 bits per heavy atom. The number of hydrogen-bond donors (Lipinski definition) is 1. The van der Waals surface area contributed by atoms with Crippen molar-refractivity contribution in [2.24, 2.45) is 0 Å². The van der Waals surface area contributed by atoms with Crippen LogP contribution in [0.15, 0.2) is 0 Å². The second-order valence-electron chi connectivity index (χ2n) is 6.02. The van der Waals surface area contributed by atoms with Crippen LogP contribution in [-0.2, 0) is 0 Å². The molecule has 0 spiro atoms. The van der Waals surface area contributed by atoms with Gasteiger partial charge in [0.25, 0.3) is 0 Å². The predicted octanol–water partition coefficient (Wildman–Crippen LogP) is 5.45. The van der Waals surface area contributed by atoms with Gasteiger partial charge in [0.15, 0.2) is 0 Å². The van der Waals surface area contributed by atoms with Gasteiger partial charge in [-0.15, -0.1) is 0 Å². The van der Waals surface area contributed by atoms with E-state index in [0.717, 1.165) is 0 Å². The van der Waals surface area contributed by atoms with E-state index in [2.05, 4.69) is 33.1 Å². The summed E-state index contributed by atoms with van der Waals surface area (Å²) >= 11 is -1.76. The van der Waals surface area contributed by atoms with E-state index in [1.54, 1.807) is 17.7 Å². The molecule has 2 heteroatoms. The van der Waals surface area contributed by atoms with Gasteiger partial charge in [0.05, 0.1) is 0 Å². The van der Waals surface area contributed by atoms with Crippen molar-refractivity contribution in [3.63, 3.8) is 0 Å². The Labute approximate surface area is 120 Å². The van der Waals surface area contributed by atoms with E-state index >= 15 is 0 Å². The Balaban J connectivity index is 4.41. The third-order valence-corrected chi connectivity index (χ3v) is 20.5. The topological polar surface area (TPSA) is 12.0 Å². The summed E-state index contributed by atoms with van der Waals surface area (Å²) in [4.78, 5) is 0. The molecule has 0 aromatic rings. The number of rotatable bonds is 13. The number of unbranched alkanes of at least 4 members (excludes halogenated alkanes) is 3. The first kappa shape index (κ1) is 18.8. The van der Waals surface area contributed by atoms with Crippen molar-refractivity contribution in [2.75, 3.05) is 13.6 Å². The molecular weight excluding hydrogens is 325 g/mol. The first-order valence-corrected chi connectivity index (χ1v) is 16.5. The van der Waals surface area contributed by atoms with Crippen LogP contribution in [0.1, 0.15) is 65.7 Å². The van der Waals surface area contributed by atoms with Gasteiger partial charge in [0.1, 0.15) is 0 Å². The molecule has 0 saturated carbocycles. The van der Waals surface area contributed by atoms with Crippen LogP contribution in [-0.4, -0.2) is 32.0 Å². The van der Waals surface area contributed by atoms with Gasteiger partial charge in [-0.2, -0.15) is 0 Å². The van der Waals surface area contributed by atoms with Gasteiger partial charge in [-0.3, -0.25) is 0 Å². The molecule has 0 radical (unpaired) electrons. The molecule has 1 N–H and O–H groups in total. The zero-order valence-electron chi connectivity index (χ0n) is 13.5. The fourth-order valence-electron chi connectivity index (χ4n) is 3.05. The van der Waals surface area contributed by atoms with Gasteiger partial charge in [-0.05, 0) is 0 Å². The Morgan fingerprint density at radius 1 is 0.667 bits per heavy atom. The van der Waals surface area contributed by atoms with E-state index in [9.17, 15) is 0 Å². The summed E-state index contributed by atoms with van der Waals surface area (Å²) in [5, 5.41) is 3.34. The Kier molecular flexibility index (Phi) is 13.3. The van der Waals surface area contributed by atoms with Crippen LogP contribution >= 0.6 is 0 Å². The molecule has 0 aliphatic rings. The molecule has 0 aliphatic heterocycles. The zero-order valence-corrected chi connectivity index (χ0v) is 16.3. The second kappa shape index (κ2) is 12.8. The Bertz CT molecular complexity index is 149. The summed E-state index contributed by atoms with van der Waals surface area (Å²) in [5.74, 6) is 0. The van der Waals surface area contributed by atoms with Crippen molar-refractivity contribution >= 4 is 18.4 Å². The van der Waals surface area contributed by atoms with E-state index in [0.29, 0.717) is 0 Å². The average Bonchev–Trinajstić information content (AvgIpc) is 2.40. The minimum atomic E-state index is -1.76. The molecule has 0 rings (SSSR count). The van der Waals surface area contributed by atoms with Crippen molar-refractivity contribution in [2.45, 2.75) is 83.5 Å². The molecule has 0 amide bonds. The van der Waals surface area contributed by atoms with E-state index in [1.165, 1.54) is 51.5 Å². The quantitative estimate of drug-likeness (QED) is 0.340. The number of nitrogens with one attached hydrogen (secondary N) is 1. The third kappa shape index (κ3) is 8.79. The van der Waals surface area contributed by atoms with Gasteiger partial charge in [-0.1, -0.05) is 0 Å². The SMILES string of the molecule is CCC[CH2][Sn]([CH2]CCC)([CH2]CCC)[CH2]CCNC. The van der Waals surface area contributed by atoms with E-state index in [4.69, 9.17) is 0 Å². The van der Waals surface area contributed by atoms with E-state index in [-0.39, 0.29) is 0 Å². The van der Waals surface area contributed by atoms with Gasteiger partial charge in [-0.25, -0.2) is 0 Å². The monoisotopic (exact) mass is 363 g/mol. The Morgan fingerprint density at radius 3 is 1.39 bits per heavy atom. The molecule has 0 saturated heterocycles. The van der Waals surface area contributed by atoms with Crippen LogP contribution in [0, 0.1) is 0 Å². The third-order valence-electron chi connectivity index (χ3n) is 4.32. The standard InChI is InChI=1S/C4H10N.3C4H9.Sn/c1-3-4-5-2;3*1-3-4-2;/h5H,1,3-4H2,2H3;3*1,3-4H2,2H3;. The van der Waals surface area contributed by atoms with Gasteiger partial charge in [0, 0.05) is 0 Å². The van der Waals surface area contributed by atoms with Gasteiger partial charge in [0.2, 0.25) is 0 Å². The minimum absolute atomic E-state index is 1.24. The van der Waals surface area contributed by atoms with Crippen LogP contribution in [0.4, 0.5) is 0 Å². The fourth-order valence-corrected chi connectivity index (χ4v) is 19.4. The molecular formula is C16H37NSn. The molecule has 0 unspecified atom stereocenters. The fraction of sp³-hybridized carbons (Fsp3) is 1.00. The summed E-state index contributed by atoms with van der Waals surface area (Å²) < 4.78 is 6.67. The van der Waals surface area contributed by atoms with E-state index in [1.807, 2.05) is 0 Å². The maximum atomic E-state index is 3.34. The zero-order chi connectivity index (χ0) is 13.7. The molecule has 1 nitrogen and oxygen atoms in total. The van der Waals surface area contributed by atoms with E-state index < -0.39 is 18.4 Å². The summed E-state index contributed by atoms with van der Waals surface area (Å²) in [7, 11) is 2.10. The molecule has 110 valence electrons. The molecule has 0 aromatic heterocycles. The van der Waals surface area contributed by atoms with Crippen molar-refractivity contribution in [3.05, 3.63) is 0 Å². The number of hydrogen-bond acceptors (Lipinski definition) is 1. The molecule has 0 atom stereocenters. The summed E-state index contributed by atoms with van der Waals surface area (Å²) in [6, 6.07) is 0. The Hall–Kier alpha value is 0.759. The molecule has 0 aromatic carbocycles. The van der Waals surface area contributed by atoms with Crippen molar-refractivity contribution in [3.8, 4) is 0 Å². The summed E-state index contributed by atoms with van der Waals surface area (Å²) in [6.07, 6.45) is 10.2. The second-order valence-corrected chi connectivity index (χ2v) is 20.3. The summed E-state index contributed by atoms with van der Waals surface area (Å²) in [5.41, 5.74) is 0. The molecule has 0 aliphatic carbocycles. The van der Waals surface area contributed by atoms with Gasteiger partial charge < -0.3 is 0 Å². The van der Waals surface area contributed by atoms with Crippen molar-refractivity contribution < 1.29 is 0 Å². The van der Waals surface area contributed by atoms with Gasteiger partial charge >= 0.3 is 121 Å². The first-order valence-electron chi connectivity index (χ1n) is 8.39. The molecule has 0 bridgehead atoms. The van der Waals surface area contributed by atoms with Crippen LogP contribution in [0.3, 0.4) is 0 Å². The van der Waals surface area contributed by atoms with Crippen LogP contribution in [0.25, 0.3) is 0 Å². The van der Waals surface area contributed by atoms with Crippen LogP contribution in [0.5, 0.6) is 0 Å². The normalized spacial score (nSPS) is 12.0. The van der Waals surface area contributed by atoms with Crippen molar-refractivity contribution in [1.82, 2.24) is 5.32 Å². The molecule has 0 heterocycles. The van der Waals surface area contributed by atoms with Crippen molar-refractivity contribution in [1.29, 1.82) is 0 Å². The van der Waals surface area contributed by atoms with Crippen LogP contribution in [0.2, 0.25) is 17.7 Å². The predicted molar refractivity (Wildman–Crippen MR) is 88.2 cm³/mol. The molecule has 18 heavy (non-hydrogen) atoms. The van der Waals surface area contributed by atoms with Crippen LogP contribution < -0.4 is 5.32 Å². The average molecular weight is 362 g/mol. The molecule has 0 fully saturated rings. The maximum absolute atomic E-state index is 3.34. The first-order chi connectivity index (χ1) is 8.74.